The van der Waals surface area contributed by atoms with Crippen LogP contribution in [0.1, 0.15) is 50.9 Å². The van der Waals surface area contributed by atoms with E-state index >= 15 is 0 Å². The molecule has 1 rings (SSSR count). The molecule has 0 radical (unpaired) electrons. The van der Waals surface area contributed by atoms with E-state index in [0.29, 0.717) is 34.6 Å². The molecule has 1 aromatic carbocycles. The van der Waals surface area contributed by atoms with Gasteiger partial charge in [-0.05, 0) is 37.8 Å². The van der Waals surface area contributed by atoms with E-state index in [-0.39, 0.29) is 11.9 Å². The van der Waals surface area contributed by atoms with E-state index in [1.165, 1.54) is 7.11 Å². The molecule has 0 aliphatic carbocycles. The van der Waals surface area contributed by atoms with Crippen molar-refractivity contribution in [3.63, 3.8) is 0 Å². The zero-order valence-corrected chi connectivity index (χ0v) is 14.8. The molecule has 0 unspecified atom stereocenters. The maximum absolute atomic E-state index is 12.2. The van der Waals surface area contributed by atoms with Gasteiger partial charge < -0.3 is 14.8 Å². The highest BCUT2D eigenvalue weighted by molar-refractivity contribution is 6.32. The average molecular weight is 328 g/mol. The molecule has 5 heteroatoms. The van der Waals surface area contributed by atoms with Gasteiger partial charge in [-0.3, -0.25) is 4.79 Å². The molecule has 0 fully saturated rings. The van der Waals surface area contributed by atoms with E-state index in [1.807, 2.05) is 13.8 Å². The van der Waals surface area contributed by atoms with Crippen molar-refractivity contribution >= 4 is 17.5 Å². The molecule has 4 nitrogen and oxygen atoms in total. The third-order valence-electron chi connectivity index (χ3n) is 3.42. The molecule has 1 atom stereocenters. The first-order chi connectivity index (χ1) is 10.4. The lowest BCUT2D eigenvalue weighted by Crippen LogP contribution is -2.31. The number of hydrogen-bond acceptors (Lipinski definition) is 3. The lowest BCUT2D eigenvalue weighted by Gasteiger charge is -2.16. The summed E-state index contributed by atoms with van der Waals surface area (Å²) < 4.78 is 11.0. The Kier molecular flexibility index (Phi) is 7.52. The van der Waals surface area contributed by atoms with Crippen molar-refractivity contribution in [3.8, 4) is 11.5 Å². The molecule has 1 N–H and O–H groups in total. The Hall–Kier alpha value is -1.42. The van der Waals surface area contributed by atoms with Gasteiger partial charge in [-0.2, -0.15) is 0 Å². The van der Waals surface area contributed by atoms with Crippen molar-refractivity contribution in [2.24, 2.45) is 5.92 Å². The molecule has 0 aliphatic heterocycles. The van der Waals surface area contributed by atoms with Crippen molar-refractivity contribution in [1.82, 2.24) is 5.32 Å². The molecule has 0 heterocycles. The molecule has 0 saturated heterocycles. The summed E-state index contributed by atoms with van der Waals surface area (Å²) in [5, 5.41) is 3.29. The van der Waals surface area contributed by atoms with E-state index in [9.17, 15) is 4.79 Å². The van der Waals surface area contributed by atoms with Crippen LogP contribution in [0.4, 0.5) is 0 Å². The van der Waals surface area contributed by atoms with E-state index in [4.69, 9.17) is 21.1 Å². The van der Waals surface area contributed by atoms with Crippen LogP contribution >= 0.6 is 11.6 Å². The number of methoxy groups -OCH3 is 1. The zero-order chi connectivity index (χ0) is 16.7. The molecule has 0 aromatic heterocycles. The Morgan fingerprint density at radius 3 is 2.55 bits per heavy atom. The zero-order valence-electron chi connectivity index (χ0n) is 14.0. The number of hydrogen-bond donors (Lipinski definition) is 1. The molecular weight excluding hydrogens is 302 g/mol. The standard InChI is InChI=1S/C17H26ClNO3/c1-6-12(4)19-17(20)13-9-14(18)16(15(10-13)21-5)22-8-7-11(2)3/h9-12H,6-8H2,1-5H3,(H,19,20)/t12-/m1/s1. The number of rotatable bonds is 8. The average Bonchev–Trinajstić information content (AvgIpc) is 2.47. The molecule has 1 aromatic rings. The molecule has 0 bridgehead atoms. The summed E-state index contributed by atoms with van der Waals surface area (Å²) in [5.74, 6) is 1.35. The number of halogens is 1. The van der Waals surface area contributed by atoms with Gasteiger partial charge in [-0.1, -0.05) is 32.4 Å². The van der Waals surface area contributed by atoms with Crippen LogP contribution in [0.25, 0.3) is 0 Å². The van der Waals surface area contributed by atoms with Gasteiger partial charge in [0.15, 0.2) is 11.5 Å². The number of nitrogens with one attached hydrogen (secondary N) is 1. The smallest absolute Gasteiger partial charge is 0.251 e. The third kappa shape index (κ3) is 5.41. The molecular formula is C17H26ClNO3. The van der Waals surface area contributed by atoms with Crippen molar-refractivity contribution < 1.29 is 14.3 Å². The van der Waals surface area contributed by atoms with Crippen LogP contribution in [-0.2, 0) is 0 Å². The fraction of sp³-hybridized carbons (Fsp3) is 0.588. The highest BCUT2D eigenvalue weighted by atomic mass is 35.5. The number of ether oxygens (including phenoxy) is 2. The van der Waals surface area contributed by atoms with Gasteiger partial charge in [0, 0.05) is 11.6 Å². The molecule has 0 spiro atoms. The highest BCUT2D eigenvalue weighted by Crippen LogP contribution is 2.36. The van der Waals surface area contributed by atoms with Gasteiger partial charge in [0.2, 0.25) is 0 Å². The van der Waals surface area contributed by atoms with E-state index in [2.05, 4.69) is 19.2 Å². The fourth-order valence-corrected chi connectivity index (χ4v) is 2.06. The van der Waals surface area contributed by atoms with Crippen LogP contribution in [0.3, 0.4) is 0 Å². The first-order valence-electron chi connectivity index (χ1n) is 7.70. The van der Waals surface area contributed by atoms with Crippen molar-refractivity contribution in [3.05, 3.63) is 22.7 Å². The second kappa shape index (κ2) is 8.89. The Labute approximate surface area is 138 Å². The highest BCUT2D eigenvalue weighted by Gasteiger charge is 2.17. The summed E-state index contributed by atoms with van der Waals surface area (Å²) in [7, 11) is 1.54. The van der Waals surface area contributed by atoms with Gasteiger partial charge >= 0.3 is 0 Å². The summed E-state index contributed by atoms with van der Waals surface area (Å²) in [4.78, 5) is 12.2. The van der Waals surface area contributed by atoms with Gasteiger partial charge in [-0.15, -0.1) is 0 Å². The number of benzene rings is 1. The second-order valence-electron chi connectivity index (χ2n) is 5.80. The van der Waals surface area contributed by atoms with Crippen LogP contribution in [0, 0.1) is 5.92 Å². The first-order valence-corrected chi connectivity index (χ1v) is 8.08. The Morgan fingerprint density at radius 2 is 2.00 bits per heavy atom. The minimum Gasteiger partial charge on any atom is -0.493 e. The summed E-state index contributed by atoms with van der Waals surface area (Å²) in [6, 6.07) is 3.39. The summed E-state index contributed by atoms with van der Waals surface area (Å²) in [6.07, 6.45) is 1.79. The Balaban J connectivity index is 2.92. The maximum Gasteiger partial charge on any atom is 0.251 e. The first kappa shape index (κ1) is 18.6. The monoisotopic (exact) mass is 327 g/mol. The number of amides is 1. The van der Waals surface area contributed by atoms with Gasteiger partial charge in [-0.25, -0.2) is 0 Å². The van der Waals surface area contributed by atoms with Crippen molar-refractivity contribution in [2.75, 3.05) is 13.7 Å². The van der Waals surface area contributed by atoms with Gasteiger partial charge in [0.1, 0.15) is 0 Å². The third-order valence-corrected chi connectivity index (χ3v) is 3.70. The maximum atomic E-state index is 12.2. The lowest BCUT2D eigenvalue weighted by molar-refractivity contribution is 0.0939. The molecule has 1 amide bonds. The normalized spacial score (nSPS) is 12.1. The minimum absolute atomic E-state index is 0.110. The SMILES string of the molecule is CC[C@@H](C)NC(=O)c1cc(Cl)c(OCCC(C)C)c(OC)c1. The fourth-order valence-electron chi connectivity index (χ4n) is 1.80. The largest absolute Gasteiger partial charge is 0.493 e. The molecule has 22 heavy (non-hydrogen) atoms. The summed E-state index contributed by atoms with van der Waals surface area (Å²) >= 11 is 6.26. The van der Waals surface area contributed by atoms with Crippen LogP contribution in [0.5, 0.6) is 11.5 Å². The topological polar surface area (TPSA) is 47.6 Å². The van der Waals surface area contributed by atoms with Crippen LogP contribution < -0.4 is 14.8 Å². The summed E-state index contributed by atoms with van der Waals surface area (Å²) in [5.41, 5.74) is 0.471. The molecule has 0 aliphatic rings. The lowest BCUT2D eigenvalue weighted by atomic mass is 10.1. The Morgan fingerprint density at radius 1 is 1.32 bits per heavy atom. The van der Waals surface area contributed by atoms with Crippen LogP contribution in [-0.4, -0.2) is 25.7 Å². The number of carbonyl (C=O) groups is 1. The quantitative estimate of drug-likeness (QED) is 0.774. The second-order valence-corrected chi connectivity index (χ2v) is 6.21. The summed E-state index contributed by atoms with van der Waals surface area (Å²) in [6.45, 7) is 8.80. The Bertz CT molecular complexity index is 503. The predicted molar refractivity (Wildman–Crippen MR) is 90.2 cm³/mol. The molecule has 124 valence electrons. The van der Waals surface area contributed by atoms with Gasteiger partial charge in [0.05, 0.1) is 18.7 Å². The predicted octanol–water partition coefficient (Wildman–Crippen LogP) is 4.30. The van der Waals surface area contributed by atoms with Crippen LogP contribution in [0.2, 0.25) is 5.02 Å². The van der Waals surface area contributed by atoms with E-state index in [1.54, 1.807) is 12.1 Å². The van der Waals surface area contributed by atoms with E-state index < -0.39 is 0 Å². The van der Waals surface area contributed by atoms with E-state index in [0.717, 1.165) is 12.8 Å². The van der Waals surface area contributed by atoms with Crippen molar-refractivity contribution in [2.45, 2.75) is 46.6 Å². The van der Waals surface area contributed by atoms with Gasteiger partial charge in [0.25, 0.3) is 5.91 Å². The molecule has 0 saturated carbocycles. The van der Waals surface area contributed by atoms with Crippen LogP contribution in [0.15, 0.2) is 12.1 Å². The van der Waals surface area contributed by atoms with Crippen molar-refractivity contribution in [1.29, 1.82) is 0 Å². The minimum atomic E-state index is -0.164. The number of carbonyl (C=O) groups excluding carboxylic acids is 1.